The van der Waals surface area contributed by atoms with E-state index in [0.29, 0.717) is 25.5 Å². The summed E-state index contributed by atoms with van der Waals surface area (Å²) in [6.07, 6.45) is 1.82. The van der Waals surface area contributed by atoms with Crippen molar-refractivity contribution < 1.29 is 14.3 Å². The van der Waals surface area contributed by atoms with E-state index < -0.39 is 0 Å². The molecule has 1 amide bonds. The largest absolute Gasteiger partial charge is 0.486 e. The van der Waals surface area contributed by atoms with Gasteiger partial charge in [0, 0.05) is 56.1 Å². The third-order valence-corrected chi connectivity index (χ3v) is 5.73. The maximum atomic E-state index is 12.5. The van der Waals surface area contributed by atoms with Gasteiger partial charge in [-0.25, -0.2) is 0 Å². The molecule has 0 spiro atoms. The molecule has 0 radical (unpaired) electrons. The Hall–Kier alpha value is -3.16. The molecule has 2 aromatic carbocycles. The lowest BCUT2D eigenvalue weighted by Crippen LogP contribution is -2.48. The van der Waals surface area contributed by atoms with Crippen LogP contribution in [0.25, 0.3) is 10.9 Å². The molecule has 0 atom stereocenters. The van der Waals surface area contributed by atoms with Gasteiger partial charge in [-0.3, -0.25) is 19.6 Å². The van der Waals surface area contributed by atoms with Gasteiger partial charge in [0.05, 0.1) is 12.1 Å². The first kappa shape index (κ1) is 19.8. The third-order valence-electron chi connectivity index (χ3n) is 5.73. The van der Waals surface area contributed by atoms with Crippen molar-refractivity contribution in [2.45, 2.75) is 6.54 Å². The lowest BCUT2D eigenvalue weighted by Gasteiger charge is -2.34. The fourth-order valence-electron chi connectivity index (χ4n) is 4.11. The minimum absolute atomic E-state index is 0.00726. The fraction of sp³-hybridized carbons (Fsp3) is 0.333. The number of ether oxygens (including phenoxy) is 2. The van der Waals surface area contributed by atoms with Crippen molar-refractivity contribution in [1.82, 2.24) is 14.8 Å². The van der Waals surface area contributed by atoms with Gasteiger partial charge in [-0.05, 0) is 35.9 Å². The summed E-state index contributed by atoms with van der Waals surface area (Å²) >= 11 is 0. The number of hydrogen-bond donors (Lipinski definition) is 1. The van der Waals surface area contributed by atoms with Crippen molar-refractivity contribution in [3.05, 3.63) is 60.3 Å². The highest BCUT2D eigenvalue weighted by Gasteiger charge is 2.20. The Balaban J connectivity index is 1.10. The van der Waals surface area contributed by atoms with Crippen LogP contribution in [0.15, 0.2) is 54.7 Å². The molecule has 3 heterocycles. The van der Waals surface area contributed by atoms with Gasteiger partial charge in [0.25, 0.3) is 0 Å². The Morgan fingerprint density at radius 3 is 2.61 bits per heavy atom. The Labute approximate surface area is 181 Å². The molecule has 160 valence electrons. The van der Waals surface area contributed by atoms with E-state index in [9.17, 15) is 4.79 Å². The second-order valence-corrected chi connectivity index (χ2v) is 7.99. The van der Waals surface area contributed by atoms with Crippen molar-refractivity contribution in [3.63, 3.8) is 0 Å². The van der Waals surface area contributed by atoms with E-state index in [-0.39, 0.29) is 5.91 Å². The van der Waals surface area contributed by atoms with E-state index in [1.165, 1.54) is 10.9 Å². The monoisotopic (exact) mass is 418 g/mol. The number of benzene rings is 2. The van der Waals surface area contributed by atoms with Crippen LogP contribution >= 0.6 is 0 Å². The summed E-state index contributed by atoms with van der Waals surface area (Å²) in [5.41, 5.74) is 3.06. The molecule has 0 saturated carbocycles. The van der Waals surface area contributed by atoms with Crippen molar-refractivity contribution in [2.24, 2.45) is 0 Å². The molecule has 1 saturated heterocycles. The van der Waals surface area contributed by atoms with Crippen LogP contribution < -0.4 is 14.8 Å². The van der Waals surface area contributed by atoms with Gasteiger partial charge >= 0.3 is 0 Å². The van der Waals surface area contributed by atoms with E-state index in [2.05, 4.69) is 44.4 Å². The Morgan fingerprint density at radius 1 is 0.935 bits per heavy atom. The normalized spacial score (nSPS) is 16.9. The van der Waals surface area contributed by atoms with Crippen LogP contribution in [0.3, 0.4) is 0 Å². The zero-order valence-corrected chi connectivity index (χ0v) is 17.4. The number of amides is 1. The first-order chi connectivity index (χ1) is 15.2. The van der Waals surface area contributed by atoms with Crippen LogP contribution in [-0.2, 0) is 11.3 Å². The lowest BCUT2D eigenvalue weighted by atomic mass is 10.1. The Bertz CT molecular complexity index is 1080. The summed E-state index contributed by atoms with van der Waals surface area (Å²) < 4.78 is 11.1. The maximum Gasteiger partial charge on any atom is 0.238 e. The number of hydrogen-bond acceptors (Lipinski definition) is 6. The average Bonchev–Trinajstić information content (AvgIpc) is 2.80. The molecule has 1 fully saturated rings. The number of carbonyl (C=O) groups excluding carboxylic acids is 1. The van der Waals surface area contributed by atoms with Gasteiger partial charge in [-0.1, -0.05) is 12.1 Å². The summed E-state index contributed by atoms with van der Waals surface area (Å²) in [5, 5.41) is 4.15. The zero-order valence-electron chi connectivity index (χ0n) is 17.4. The highest BCUT2D eigenvalue weighted by molar-refractivity contribution is 5.92. The number of nitrogens with one attached hydrogen (secondary N) is 1. The van der Waals surface area contributed by atoms with Gasteiger partial charge in [0.1, 0.15) is 13.2 Å². The third kappa shape index (κ3) is 4.78. The van der Waals surface area contributed by atoms with E-state index in [4.69, 9.17) is 9.47 Å². The molecule has 31 heavy (non-hydrogen) atoms. The smallest absolute Gasteiger partial charge is 0.238 e. The summed E-state index contributed by atoms with van der Waals surface area (Å²) in [6.45, 7) is 6.05. The van der Waals surface area contributed by atoms with E-state index in [0.717, 1.165) is 49.7 Å². The molecular weight excluding hydrogens is 392 g/mol. The minimum Gasteiger partial charge on any atom is -0.486 e. The van der Waals surface area contributed by atoms with Crippen molar-refractivity contribution in [1.29, 1.82) is 0 Å². The van der Waals surface area contributed by atoms with Crippen molar-refractivity contribution >= 4 is 22.5 Å². The van der Waals surface area contributed by atoms with Crippen LogP contribution in [0.5, 0.6) is 11.5 Å². The predicted molar refractivity (Wildman–Crippen MR) is 120 cm³/mol. The Kier molecular flexibility index (Phi) is 5.69. The fourth-order valence-corrected chi connectivity index (χ4v) is 4.11. The summed E-state index contributed by atoms with van der Waals surface area (Å²) in [6, 6.07) is 16.0. The van der Waals surface area contributed by atoms with Gasteiger partial charge in [-0.2, -0.15) is 0 Å². The zero-order chi connectivity index (χ0) is 21.0. The van der Waals surface area contributed by atoms with Crippen molar-refractivity contribution in [3.8, 4) is 11.5 Å². The van der Waals surface area contributed by atoms with Crippen LogP contribution in [0.2, 0.25) is 0 Å². The topological polar surface area (TPSA) is 66.9 Å². The number of nitrogens with zero attached hydrogens (tertiary/aromatic N) is 3. The molecule has 7 heteroatoms. The van der Waals surface area contributed by atoms with Crippen LogP contribution in [0, 0.1) is 0 Å². The highest BCUT2D eigenvalue weighted by Crippen LogP contribution is 2.32. The SMILES string of the molecule is O=C(CN1CCN(Cc2ccc3ncccc3c2)CC1)Nc1ccc2c(c1)OCCO2. The first-order valence-electron chi connectivity index (χ1n) is 10.7. The number of fused-ring (bicyclic) bond motifs is 2. The number of carbonyl (C=O) groups is 1. The first-order valence-corrected chi connectivity index (χ1v) is 10.7. The molecule has 0 aliphatic carbocycles. The van der Waals surface area contributed by atoms with E-state index in [1.54, 1.807) is 0 Å². The second-order valence-electron chi connectivity index (χ2n) is 7.99. The van der Waals surface area contributed by atoms with Gasteiger partial charge < -0.3 is 14.8 Å². The average molecular weight is 418 g/mol. The lowest BCUT2D eigenvalue weighted by molar-refractivity contribution is -0.117. The minimum atomic E-state index is -0.00726. The molecule has 2 aliphatic heterocycles. The number of anilines is 1. The van der Waals surface area contributed by atoms with Gasteiger partial charge in [0.2, 0.25) is 5.91 Å². The number of rotatable bonds is 5. The molecule has 1 aromatic heterocycles. The van der Waals surface area contributed by atoms with Crippen LogP contribution in [0.4, 0.5) is 5.69 Å². The summed E-state index contributed by atoms with van der Waals surface area (Å²) in [5.74, 6) is 1.40. The molecule has 2 aliphatic rings. The quantitative estimate of drug-likeness (QED) is 0.687. The molecule has 1 N–H and O–H groups in total. The highest BCUT2D eigenvalue weighted by atomic mass is 16.6. The van der Waals surface area contributed by atoms with Gasteiger partial charge in [-0.15, -0.1) is 0 Å². The summed E-state index contributed by atoms with van der Waals surface area (Å²) in [4.78, 5) is 21.5. The maximum absolute atomic E-state index is 12.5. The Morgan fingerprint density at radius 2 is 1.74 bits per heavy atom. The molecule has 3 aromatic rings. The molecule has 0 unspecified atom stereocenters. The van der Waals surface area contributed by atoms with Crippen LogP contribution in [0.1, 0.15) is 5.56 Å². The molecule has 0 bridgehead atoms. The van der Waals surface area contributed by atoms with E-state index in [1.807, 2.05) is 30.5 Å². The van der Waals surface area contributed by atoms with Gasteiger partial charge in [0.15, 0.2) is 11.5 Å². The summed E-state index contributed by atoms with van der Waals surface area (Å²) in [7, 11) is 0. The number of pyridine rings is 1. The van der Waals surface area contributed by atoms with Crippen molar-refractivity contribution in [2.75, 3.05) is 51.3 Å². The predicted octanol–water partition coefficient (Wildman–Crippen LogP) is 2.76. The number of piperazine rings is 1. The molecule has 7 nitrogen and oxygen atoms in total. The second kappa shape index (κ2) is 8.91. The van der Waals surface area contributed by atoms with Crippen LogP contribution in [-0.4, -0.2) is 66.6 Å². The molecular formula is C24H26N4O3. The number of aromatic nitrogens is 1. The standard InChI is InChI=1S/C24H26N4O3/c29-24(26-20-4-6-22-23(15-20)31-13-12-30-22)17-28-10-8-27(9-11-28)16-18-3-5-21-19(14-18)2-1-7-25-21/h1-7,14-15H,8-13,16-17H2,(H,26,29). The molecule has 5 rings (SSSR count). The van der Waals surface area contributed by atoms with E-state index >= 15 is 0 Å².